The van der Waals surface area contributed by atoms with Gasteiger partial charge in [0.15, 0.2) is 0 Å². The van der Waals surface area contributed by atoms with Crippen molar-refractivity contribution < 1.29 is 0 Å². The third kappa shape index (κ3) is 3.33. The summed E-state index contributed by atoms with van der Waals surface area (Å²) >= 11 is 0. The van der Waals surface area contributed by atoms with Crippen LogP contribution in [0.3, 0.4) is 0 Å². The van der Waals surface area contributed by atoms with E-state index in [1.807, 2.05) is 48.5 Å². The number of benzene rings is 6. The van der Waals surface area contributed by atoms with Gasteiger partial charge in [-0.25, -0.2) is 0 Å². The summed E-state index contributed by atoms with van der Waals surface area (Å²) in [6.45, 7) is 0. The molecule has 0 saturated carbocycles. The van der Waals surface area contributed by atoms with Gasteiger partial charge in [0.25, 0.3) is 0 Å². The van der Waals surface area contributed by atoms with Gasteiger partial charge in [0, 0.05) is 32.8 Å². The minimum absolute atomic E-state index is 0.630. The highest BCUT2D eigenvalue weighted by molar-refractivity contribution is 6.20. The van der Waals surface area contributed by atoms with Crippen LogP contribution in [0.5, 0.6) is 0 Å². The SMILES string of the molecule is N#Cc1ccc2c(c1)c1cccc(-c3cccc4c3c3ccccc3n4-c3ccccc3C#N)c1n2-c1ccccc1. The van der Waals surface area contributed by atoms with Crippen LogP contribution in [0.2, 0.25) is 0 Å². The van der Waals surface area contributed by atoms with Crippen molar-refractivity contribution >= 4 is 43.6 Å². The Morgan fingerprint density at radius 1 is 0.476 bits per heavy atom. The smallest absolute Gasteiger partial charge is 0.101 e. The highest BCUT2D eigenvalue weighted by Crippen LogP contribution is 2.43. The Morgan fingerprint density at radius 3 is 2.02 bits per heavy atom. The van der Waals surface area contributed by atoms with Gasteiger partial charge in [0.05, 0.1) is 45.0 Å². The van der Waals surface area contributed by atoms with Crippen LogP contribution in [0.1, 0.15) is 11.1 Å². The van der Waals surface area contributed by atoms with Gasteiger partial charge in [0.1, 0.15) is 6.07 Å². The molecule has 8 aromatic rings. The van der Waals surface area contributed by atoms with Crippen LogP contribution in [0, 0.1) is 22.7 Å². The lowest BCUT2D eigenvalue weighted by Crippen LogP contribution is -1.97. The van der Waals surface area contributed by atoms with E-state index in [1.165, 1.54) is 0 Å². The monoisotopic (exact) mass is 534 g/mol. The van der Waals surface area contributed by atoms with Crippen LogP contribution in [-0.4, -0.2) is 9.13 Å². The highest BCUT2D eigenvalue weighted by atomic mass is 15.0. The van der Waals surface area contributed by atoms with E-state index in [2.05, 4.69) is 106 Å². The predicted molar refractivity (Wildman–Crippen MR) is 170 cm³/mol. The Labute approximate surface area is 242 Å². The second kappa shape index (κ2) is 9.24. The minimum Gasteiger partial charge on any atom is -0.309 e. The highest BCUT2D eigenvalue weighted by Gasteiger charge is 2.21. The molecule has 0 fully saturated rings. The molecule has 0 aliphatic rings. The van der Waals surface area contributed by atoms with Crippen molar-refractivity contribution in [3.05, 3.63) is 145 Å². The summed E-state index contributed by atoms with van der Waals surface area (Å²) in [4.78, 5) is 0. The zero-order chi connectivity index (χ0) is 28.2. The van der Waals surface area contributed by atoms with Crippen molar-refractivity contribution in [1.29, 1.82) is 10.5 Å². The number of nitriles is 2. The van der Waals surface area contributed by atoms with Crippen LogP contribution < -0.4 is 0 Å². The molecule has 6 aromatic carbocycles. The summed E-state index contributed by atoms with van der Waals surface area (Å²) in [5.41, 5.74) is 9.66. The zero-order valence-corrected chi connectivity index (χ0v) is 22.5. The average Bonchev–Trinajstić information content (AvgIpc) is 3.58. The van der Waals surface area contributed by atoms with E-state index in [0.717, 1.165) is 66.1 Å². The first-order chi connectivity index (χ1) is 20.8. The largest absolute Gasteiger partial charge is 0.309 e. The fourth-order valence-electron chi connectivity index (χ4n) is 6.47. The second-order valence-electron chi connectivity index (χ2n) is 10.4. The topological polar surface area (TPSA) is 57.4 Å². The van der Waals surface area contributed by atoms with Crippen LogP contribution in [0.4, 0.5) is 0 Å². The number of para-hydroxylation sites is 4. The Morgan fingerprint density at radius 2 is 1.17 bits per heavy atom. The Hall–Kier alpha value is -6.10. The number of aromatic nitrogens is 2. The molecule has 0 radical (unpaired) electrons. The van der Waals surface area contributed by atoms with Gasteiger partial charge in [0.2, 0.25) is 0 Å². The summed E-state index contributed by atoms with van der Waals surface area (Å²) in [5.74, 6) is 0. The number of nitrogens with zero attached hydrogens (tertiary/aromatic N) is 4. The molecule has 2 aromatic heterocycles. The van der Waals surface area contributed by atoms with Crippen LogP contribution >= 0.6 is 0 Å². The molecule has 4 nitrogen and oxygen atoms in total. The van der Waals surface area contributed by atoms with Crippen molar-refractivity contribution in [2.24, 2.45) is 0 Å². The fraction of sp³-hybridized carbons (Fsp3) is 0. The summed E-state index contributed by atoms with van der Waals surface area (Å²) in [5, 5.41) is 24.1. The van der Waals surface area contributed by atoms with Crippen LogP contribution in [-0.2, 0) is 0 Å². The molecule has 0 unspecified atom stereocenters. The molecular formula is C38H22N4. The molecule has 0 amide bonds. The standard InChI is InChI=1S/C38H22N4/c39-23-25-20-21-35-32(22-25)30-16-8-15-29(38(30)41(35)27-11-2-1-3-12-27)28-14-9-19-36-37(28)31-13-5-7-18-34(31)42(36)33-17-6-4-10-26(33)24-40/h1-22H. The van der Waals surface area contributed by atoms with Gasteiger partial charge in [-0.15, -0.1) is 0 Å². The van der Waals surface area contributed by atoms with Gasteiger partial charge < -0.3 is 9.13 Å². The molecule has 0 bridgehead atoms. The molecule has 4 heteroatoms. The number of hydrogen-bond acceptors (Lipinski definition) is 2. The summed E-state index contributed by atoms with van der Waals surface area (Å²) in [7, 11) is 0. The molecule has 42 heavy (non-hydrogen) atoms. The quantitative estimate of drug-likeness (QED) is 0.227. The van der Waals surface area contributed by atoms with E-state index < -0.39 is 0 Å². The molecule has 0 saturated heterocycles. The molecule has 0 aliphatic carbocycles. The lowest BCUT2D eigenvalue weighted by molar-refractivity contribution is 1.17. The second-order valence-corrected chi connectivity index (χ2v) is 10.4. The summed E-state index contributed by atoms with van der Waals surface area (Å²) in [6.07, 6.45) is 0. The van der Waals surface area contributed by atoms with E-state index in [9.17, 15) is 10.5 Å². The molecule has 0 N–H and O–H groups in total. The zero-order valence-electron chi connectivity index (χ0n) is 22.5. The maximum absolute atomic E-state index is 9.97. The normalized spacial score (nSPS) is 11.3. The predicted octanol–water partition coefficient (Wildman–Crippen LogP) is 9.29. The molecule has 0 spiro atoms. The van der Waals surface area contributed by atoms with Crippen molar-refractivity contribution in [2.75, 3.05) is 0 Å². The van der Waals surface area contributed by atoms with Gasteiger partial charge in [-0.1, -0.05) is 78.9 Å². The van der Waals surface area contributed by atoms with Crippen molar-refractivity contribution in [2.45, 2.75) is 0 Å². The van der Waals surface area contributed by atoms with Crippen molar-refractivity contribution in [1.82, 2.24) is 9.13 Å². The Kier molecular flexibility index (Phi) is 5.22. The van der Waals surface area contributed by atoms with E-state index >= 15 is 0 Å². The molecule has 2 heterocycles. The maximum Gasteiger partial charge on any atom is 0.101 e. The Bertz CT molecular complexity index is 2430. The minimum atomic E-state index is 0.630. The Balaban J connectivity index is 1.55. The third-order valence-electron chi connectivity index (χ3n) is 8.18. The van der Waals surface area contributed by atoms with Crippen molar-refractivity contribution in [3.63, 3.8) is 0 Å². The van der Waals surface area contributed by atoms with Crippen molar-refractivity contribution in [3.8, 4) is 34.6 Å². The number of rotatable bonds is 3. The molecule has 0 atom stereocenters. The van der Waals surface area contributed by atoms with E-state index in [0.29, 0.717) is 11.1 Å². The molecule has 0 aliphatic heterocycles. The van der Waals surface area contributed by atoms with Gasteiger partial charge in [-0.05, 0) is 60.2 Å². The lowest BCUT2D eigenvalue weighted by atomic mass is 9.97. The van der Waals surface area contributed by atoms with Crippen LogP contribution in [0.15, 0.2) is 133 Å². The van der Waals surface area contributed by atoms with E-state index in [4.69, 9.17) is 0 Å². The summed E-state index contributed by atoms with van der Waals surface area (Å²) < 4.78 is 4.52. The fourth-order valence-corrected chi connectivity index (χ4v) is 6.47. The maximum atomic E-state index is 9.97. The first-order valence-electron chi connectivity index (χ1n) is 13.8. The number of fused-ring (bicyclic) bond motifs is 6. The third-order valence-corrected chi connectivity index (χ3v) is 8.18. The van der Waals surface area contributed by atoms with Gasteiger partial charge in [-0.3, -0.25) is 0 Å². The van der Waals surface area contributed by atoms with Gasteiger partial charge >= 0.3 is 0 Å². The lowest BCUT2D eigenvalue weighted by Gasteiger charge is -2.13. The average molecular weight is 535 g/mol. The summed E-state index contributed by atoms with van der Waals surface area (Å²) in [6, 6.07) is 50.1. The molecule has 194 valence electrons. The van der Waals surface area contributed by atoms with Crippen LogP contribution in [0.25, 0.3) is 66.1 Å². The number of hydrogen-bond donors (Lipinski definition) is 0. The first kappa shape index (κ1) is 23.8. The van der Waals surface area contributed by atoms with Gasteiger partial charge in [-0.2, -0.15) is 10.5 Å². The van der Waals surface area contributed by atoms with E-state index in [1.54, 1.807) is 0 Å². The molecule has 8 rings (SSSR count). The first-order valence-corrected chi connectivity index (χ1v) is 13.8. The van der Waals surface area contributed by atoms with E-state index in [-0.39, 0.29) is 0 Å². The molecular weight excluding hydrogens is 512 g/mol.